The molecule has 0 radical (unpaired) electrons. The molecule has 0 aromatic heterocycles. The molecule has 9 aromatic rings. The topological polar surface area (TPSA) is 3.24 Å². The molecule has 0 aliphatic heterocycles. The zero-order chi connectivity index (χ0) is 41.7. The molecule has 0 N–H and O–H groups in total. The molecule has 9 aromatic carbocycles. The highest BCUT2D eigenvalue weighted by Crippen LogP contribution is 2.62. The molecule has 0 unspecified atom stereocenters. The second-order valence-electron chi connectivity index (χ2n) is 17.7. The van der Waals surface area contributed by atoms with E-state index in [0.717, 1.165) is 39.3 Å². The van der Waals surface area contributed by atoms with Gasteiger partial charge < -0.3 is 4.90 Å². The number of hydrogen-bond acceptors (Lipinski definition) is 1. The molecule has 0 saturated heterocycles. The zero-order valence-electron chi connectivity index (χ0n) is 35.3. The van der Waals surface area contributed by atoms with Gasteiger partial charge in [0.2, 0.25) is 0 Å². The van der Waals surface area contributed by atoms with E-state index in [2.05, 4.69) is 232 Å². The second kappa shape index (κ2) is 13.5. The molecule has 0 amide bonds. The molecule has 0 fully saturated rings. The Morgan fingerprint density at radius 3 is 1.55 bits per heavy atom. The molecule has 0 heterocycles. The van der Waals surface area contributed by atoms with Crippen molar-refractivity contribution in [1.29, 1.82) is 0 Å². The molecule has 294 valence electrons. The maximum Gasteiger partial charge on any atom is 0.0728 e. The van der Waals surface area contributed by atoms with Crippen molar-refractivity contribution in [2.24, 2.45) is 0 Å². The Kier molecular flexibility index (Phi) is 7.93. The molecule has 0 atom stereocenters. The summed E-state index contributed by atoms with van der Waals surface area (Å²) in [4.78, 5) is 2.47. The Morgan fingerprint density at radius 2 is 0.839 bits per heavy atom. The van der Waals surface area contributed by atoms with Crippen LogP contribution in [0.4, 0.5) is 17.1 Å². The lowest BCUT2D eigenvalue weighted by Gasteiger charge is -2.39. The Bertz CT molecular complexity index is 3260. The third kappa shape index (κ3) is 4.91. The van der Waals surface area contributed by atoms with E-state index in [9.17, 15) is 0 Å². The number of anilines is 3. The van der Waals surface area contributed by atoms with Crippen molar-refractivity contribution in [3.8, 4) is 44.5 Å². The smallest absolute Gasteiger partial charge is 0.0728 e. The first-order valence-electron chi connectivity index (χ1n) is 21.8. The first-order valence-corrected chi connectivity index (χ1v) is 21.8. The third-order valence-corrected chi connectivity index (χ3v) is 14.3. The highest BCUT2D eigenvalue weighted by atomic mass is 15.1. The van der Waals surface area contributed by atoms with Gasteiger partial charge in [-0.2, -0.15) is 0 Å². The van der Waals surface area contributed by atoms with Gasteiger partial charge in [0.25, 0.3) is 0 Å². The normalized spacial score (nSPS) is 14.3. The molecule has 62 heavy (non-hydrogen) atoms. The molecule has 1 spiro atoms. The summed E-state index contributed by atoms with van der Waals surface area (Å²) in [6.45, 7) is 12.1. The predicted octanol–water partition coefficient (Wildman–Crippen LogP) is 15.8. The van der Waals surface area contributed by atoms with Crippen LogP contribution in [0.2, 0.25) is 0 Å². The minimum Gasteiger partial charge on any atom is -0.310 e. The fraction of sp³-hybridized carbons (Fsp3) is 0.0820. The second-order valence-corrected chi connectivity index (χ2v) is 17.7. The van der Waals surface area contributed by atoms with Crippen molar-refractivity contribution in [2.45, 2.75) is 31.6 Å². The average Bonchev–Trinajstić information content (AvgIpc) is 3.74. The first kappa shape index (κ1) is 36.4. The lowest BCUT2D eigenvalue weighted by molar-refractivity contribution is 0.660. The van der Waals surface area contributed by atoms with Crippen molar-refractivity contribution in [3.63, 3.8) is 0 Å². The Hall–Kier alpha value is -7.48. The quantitative estimate of drug-likeness (QED) is 0.172. The molecule has 3 aliphatic carbocycles. The van der Waals surface area contributed by atoms with Crippen molar-refractivity contribution < 1.29 is 0 Å². The van der Waals surface area contributed by atoms with Gasteiger partial charge in [0, 0.05) is 22.4 Å². The van der Waals surface area contributed by atoms with E-state index < -0.39 is 5.41 Å². The summed E-state index contributed by atoms with van der Waals surface area (Å²) >= 11 is 0. The van der Waals surface area contributed by atoms with E-state index in [1.807, 2.05) is 0 Å². The van der Waals surface area contributed by atoms with Gasteiger partial charge in [-0.25, -0.2) is 0 Å². The maximum absolute atomic E-state index is 5.02. The largest absolute Gasteiger partial charge is 0.310 e. The number of nitrogens with zero attached hydrogens (tertiary/aromatic N) is 1. The highest BCUT2D eigenvalue weighted by Gasteiger charge is 2.50. The van der Waals surface area contributed by atoms with Crippen LogP contribution in [0, 0.1) is 6.92 Å². The van der Waals surface area contributed by atoms with E-state index in [0.29, 0.717) is 0 Å². The Morgan fingerprint density at radius 1 is 0.355 bits per heavy atom. The zero-order valence-corrected chi connectivity index (χ0v) is 35.3. The fourth-order valence-electron chi connectivity index (χ4n) is 11.6. The van der Waals surface area contributed by atoms with Crippen LogP contribution < -0.4 is 4.90 Å². The highest BCUT2D eigenvalue weighted by molar-refractivity contribution is 6.00. The molecule has 3 aliphatic rings. The average molecular weight is 792 g/mol. The summed E-state index contributed by atoms with van der Waals surface area (Å²) in [5, 5.41) is 0. The minimum atomic E-state index is -0.669. The van der Waals surface area contributed by atoms with Crippen molar-refractivity contribution >= 4 is 22.6 Å². The fourth-order valence-corrected chi connectivity index (χ4v) is 11.6. The van der Waals surface area contributed by atoms with Gasteiger partial charge in [0.05, 0.1) is 11.1 Å². The van der Waals surface area contributed by atoms with Crippen LogP contribution in [0.1, 0.15) is 63.9 Å². The van der Waals surface area contributed by atoms with Gasteiger partial charge in [-0.15, -0.1) is 0 Å². The predicted molar refractivity (Wildman–Crippen MR) is 260 cm³/mol. The molecule has 12 rings (SSSR count). The molecule has 1 heteroatoms. The van der Waals surface area contributed by atoms with Crippen LogP contribution in [0.5, 0.6) is 0 Å². The van der Waals surface area contributed by atoms with Crippen LogP contribution in [0.15, 0.2) is 213 Å². The summed E-state index contributed by atoms with van der Waals surface area (Å²) in [6, 6.07) is 76.9. The van der Waals surface area contributed by atoms with Crippen LogP contribution >= 0.6 is 0 Å². The van der Waals surface area contributed by atoms with Crippen molar-refractivity contribution in [1.82, 2.24) is 0 Å². The van der Waals surface area contributed by atoms with Gasteiger partial charge in [-0.1, -0.05) is 196 Å². The molecule has 1 nitrogen and oxygen atoms in total. The monoisotopic (exact) mass is 791 g/mol. The number of para-hydroxylation sites is 2. The lowest BCUT2D eigenvalue weighted by atomic mass is 9.63. The maximum atomic E-state index is 5.02. The van der Waals surface area contributed by atoms with E-state index in [4.69, 9.17) is 6.58 Å². The SMILES string of the molecule is C=C1c2ccccc2-c2cccc(c2C)C2(c3ccccc3-c3ccccc32)c2c1cccc2-c1ccccc1N(c1ccccc1)c1ccc2c(c1)-c1ccccc1C2(C)C. The van der Waals surface area contributed by atoms with Gasteiger partial charge in [0.1, 0.15) is 0 Å². The molecular weight excluding hydrogens is 747 g/mol. The van der Waals surface area contributed by atoms with Crippen molar-refractivity contribution in [2.75, 3.05) is 4.90 Å². The Labute approximate surface area is 364 Å². The van der Waals surface area contributed by atoms with E-state index >= 15 is 0 Å². The van der Waals surface area contributed by atoms with E-state index in [1.54, 1.807) is 0 Å². The Balaban J connectivity index is 1.20. The van der Waals surface area contributed by atoms with Crippen molar-refractivity contribution in [3.05, 3.63) is 263 Å². The van der Waals surface area contributed by atoms with Gasteiger partial charge >= 0.3 is 0 Å². The summed E-state index contributed by atoms with van der Waals surface area (Å²) in [7, 11) is 0. The summed E-state index contributed by atoms with van der Waals surface area (Å²) in [5.41, 5.74) is 25.0. The number of fused-ring (bicyclic) bond motifs is 15. The summed E-state index contributed by atoms with van der Waals surface area (Å²) in [6.07, 6.45) is 0. The molecule has 0 saturated carbocycles. The molecular formula is C61H45N. The van der Waals surface area contributed by atoms with Crippen LogP contribution in [-0.4, -0.2) is 0 Å². The third-order valence-electron chi connectivity index (χ3n) is 14.3. The summed E-state index contributed by atoms with van der Waals surface area (Å²) in [5.74, 6) is 0. The van der Waals surface area contributed by atoms with Gasteiger partial charge in [-0.05, 0) is 132 Å². The van der Waals surface area contributed by atoms with Gasteiger partial charge in [-0.3, -0.25) is 0 Å². The van der Waals surface area contributed by atoms with Crippen LogP contribution in [0.3, 0.4) is 0 Å². The van der Waals surface area contributed by atoms with E-state index in [-0.39, 0.29) is 5.41 Å². The molecule has 2 bridgehead atoms. The first-order chi connectivity index (χ1) is 30.4. The number of hydrogen-bond donors (Lipinski definition) is 0. The standard InChI is InChI=1S/C61H45N/c1-39-43-22-8-9-23-46(43)44-28-19-34-53(40(44)2)61(56-32-15-11-24-47(56)48-25-12-16-33-57(48)61)59-45(39)29-18-30-51(59)50-27-13-17-35-58(50)62(41-20-6-5-7-21-41)42-36-37-55-52(38-42)49-26-10-14-31-54(49)60(55,3)4/h5-38H,1H2,2-4H3. The number of rotatable bonds is 4. The lowest BCUT2D eigenvalue weighted by Crippen LogP contribution is -2.31. The summed E-state index contributed by atoms with van der Waals surface area (Å²) < 4.78 is 0. The van der Waals surface area contributed by atoms with Gasteiger partial charge in [0.15, 0.2) is 0 Å². The van der Waals surface area contributed by atoms with E-state index in [1.165, 1.54) is 77.9 Å². The van der Waals surface area contributed by atoms with Crippen LogP contribution in [-0.2, 0) is 10.8 Å². The minimum absolute atomic E-state index is 0.0857. The number of benzene rings is 9. The van der Waals surface area contributed by atoms with Crippen LogP contribution in [0.25, 0.3) is 50.1 Å².